The number of rotatable bonds is 3. The van der Waals surface area contributed by atoms with Crippen molar-refractivity contribution < 1.29 is 23.6 Å². The van der Waals surface area contributed by atoms with Gasteiger partial charge >= 0.3 is 13.1 Å². The maximum Gasteiger partial charge on any atom is 0.498 e. The molecule has 0 aromatic carbocycles. The summed E-state index contributed by atoms with van der Waals surface area (Å²) in [6, 6.07) is 0. The number of hydrogen-bond acceptors (Lipinski definition) is 5. The van der Waals surface area contributed by atoms with Crippen molar-refractivity contribution in [2.45, 2.75) is 45.3 Å². The van der Waals surface area contributed by atoms with Crippen LogP contribution in [0.15, 0.2) is 35.0 Å². The molecule has 1 saturated heterocycles. The van der Waals surface area contributed by atoms with Gasteiger partial charge in [0.15, 0.2) is 0 Å². The predicted molar refractivity (Wildman–Crippen MR) is 84.0 cm³/mol. The van der Waals surface area contributed by atoms with E-state index in [0.29, 0.717) is 23.2 Å². The third kappa shape index (κ3) is 2.98. The molecule has 2 aliphatic rings. The zero-order valence-electron chi connectivity index (χ0n) is 14.1. The van der Waals surface area contributed by atoms with Crippen molar-refractivity contribution in [2.75, 3.05) is 14.2 Å². The van der Waals surface area contributed by atoms with Gasteiger partial charge in [0.2, 0.25) is 0 Å². The minimum absolute atomic E-state index is 0.389. The molecular formula is C16H23BO5. The molecule has 1 aliphatic carbocycles. The van der Waals surface area contributed by atoms with Crippen molar-refractivity contribution in [2.24, 2.45) is 0 Å². The Kier molecular flexibility index (Phi) is 4.54. The summed E-state index contributed by atoms with van der Waals surface area (Å²) in [5.74, 6) is 0.258. The van der Waals surface area contributed by atoms with E-state index in [1.54, 1.807) is 19.3 Å². The number of methoxy groups -OCH3 is 2. The summed E-state index contributed by atoms with van der Waals surface area (Å²) in [5.41, 5.74) is 0.239. The van der Waals surface area contributed by atoms with E-state index in [1.165, 1.54) is 7.11 Å². The second-order valence-corrected chi connectivity index (χ2v) is 6.35. The normalized spacial score (nSPS) is 23.2. The van der Waals surface area contributed by atoms with Gasteiger partial charge in [0, 0.05) is 5.47 Å². The van der Waals surface area contributed by atoms with Crippen LogP contribution in [-0.4, -0.2) is 38.5 Å². The largest absolute Gasteiger partial charge is 0.498 e. The third-order valence-corrected chi connectivity index (χ3v) is 4.38. The van der Waals surface area contributed by atoms with E-state index < -0.39 is 18.3 Å². The fourth-order valence-corrected chi connectivity index (χ4v) is 2.32. The predicted octanol–water partition coefficient (Wildman–Crippen LogP) is 2.58. The van der Waals surface area contributed by atoms with Crippen LogP contribution in [0.4, 0.5) is 0 Å². The molecular weight excluding hydrogens is 283 g/mol. The van der Waals surface area contributed by atoms with Crippen molar-refractivity contribution in [1.29, 1.82) is 0 Å². The first-order valence-corrected chi connectivity index (χ1v) is 7.32. The molecule has 6 heteroatoms. The molecule has 0 N–H and O–H groups in total. The average Bonchev–Trinajstić information content (AvgIpc) is 2.61. The molecule has 22 heavy (non-hydrogen) atoms. The Morgan fingerprint density at radius 2 is 1.73 bits per heavy atom. The Balaban J connectivity index is 2.39. The minimum atomic E-state index is -0.595. The highest BCUT2D eigenvalue weighted by Crippen LogP contribution is 2.40. The third-order valence-electron chi connectivity index (χ3n) is 4.38. The van der Waals surface area contributed by atoms with Crippen molar-refractivity contribution in [3.05, 3.63) is 35.0 Å². The van der Waals surface area contributed by atoms with Crippen LogP contribution in [0.5, 0.6) is 0 Å². The first-order chi connectivity index (χ1) is 10.2. The topological polar surface area (TPSA) is 54.0 Å². The van der Waals surface area contributed by atoms with Crippen molar-refractivity contribution >= 4 is 13.1 Å². The first kappa shape index (κ1) is 16.8. The second-order valence-electron chi connectivity index (χ2n) is 6.35. The van der Waals surface area contributed by atoms with Gasteiger partial charge in [-0.15, -0.1) is 0 Å². The number of carbonyl (C=O) groups is 1. The second kappa shape index (κ2) is 5.93. The standard InChI is InChI=1S/C16H23BO5/c1-15(2)16(3,4)22-17(21-15)12-10-11(14(18)20-6)8-7-9-13(12)19-5/h8-10H,7H2,1-6H3. The molecule has 0 radical (unpaired) electrons. The summed E-state index contributed by atoms with van der Waals surface area (Å²) in [4.78, 5) is 11.8. The van der Waals surface area contributed by atoms with Gasteiger partial charge in [0.05, 0.1) is 31.0 Å². The number of esters is 1. The molecule has 0 aromatic rings. The smallest absolute Gasteiger partial charge is 0.497 e. The van der Waals surface area contributed by atoms with Crippen LogP contribution in [0.3, 0.4) is 0 Å². The van der Waals surface area contributed by atoms with Gasteiger partial charge in [-0.25, -0.2) is 4.79 Å². The molecule has 1 aliphatic heterocycles. The van der Waals surface area contributed by atoms with Crippen molar-refractivity contribution in [3.63, 3.8) is 0 Å². The first-order valence-electron chi connectivity index (χ1n) is 7.32. The van der Waals surface area contributed by atoms with Gasteiger partial charge in [-0.3, -0.25) is 0 Å². The summed E-state index contributed by atoms with van der Waals surface area (Å²) < 4.78 is 22.4. The SMILES string of the molecule is COC(=O)C1=CCC=C(OC)C(B2OC(C)(C)C(C)(C)O2)=C1. The molecule has 0 atom stereocenters. The molecule has 0 amide bonds. The highest BCUT2D eigenvalue weighted by Gasteiger charge is 2.53. The molecule has 0 spiro atoms. The minimum Gasteiger partial charge on any atom is -0.497 e. The average molecular weight is 306 g/mol. The molecule has 0 saturated carbocycles. The van der Waals surface area contributed by atoms with Crippen LogP contribution in [0.1, 0.15) is 34.1 Å². The highest BCUT2D eigenvalue weighted by atomic mass is 16.7. The highest BCUT2D eigenvalue weighted by molar-refractivity contribution is 6.56. The molecule has 0 unspecified atom stereocenters. The van der Waals surface area contributed by atoms with Gasteiger partial charge in [-0.1, -0.05) is 6.08 Å². The zero-order chi connectivity index (χ0) is 16.5. The van der Waals surface area contributed by atoms with E-state index in [9.17, 15) is 4.79 Å². The number of allylic oxidation sites excluding steroid dienone is 3. The number of hydrogen-bond donors (Lipinski definition) is 0. The quantitative estimate of drug-likeness (QED) is 0.592. The number of ether oxygens (including phenoxy) is 2. The van der Waals surface area contributed by atoms with E-state index >= 15 is 0 Å². The Bertz CT molecular complexity index is 541. The summed E-state index contributed by atoms with van der Waals surface area (Å²) in [7, 11) is 2.36. The molecule has 0 bridgehead atoms. The van der Waals surface area contributed by atoms with Crippen LogP contribution in [0.25, 0.3) is 0 Å². The lowest BCUT2D eigenvalue weighted by atomic mass is 9.76. The Morgan fingerprint density at radius 1 is 1.14 bits per heavy atom. The fourth-order valence-electron chi connectivity index (χ4n) is 2.32. The summed E-state index contributed by atoms with van der Waals surface area (Å²) in [6.07, 6.45) is 5.99. The van der Waals surface area contributed by atoms with E-state index in [-0.39, 0.29) is 5.97 Å². The number of carbonyl (C=O) groups excluding carboxylic acids is 1. The molecule has 1 fully saturated rings. The molecule has 1 heterocycles. The summed E-state index contributed by atoms with van der Waals surface area (Å²) >= 11 is 0. The maximum atomic E-state index is 11.8. The Hall–Kier alpha value is -1.53. The van der Waals surface area contributed by atoms with Crippen LogP contribution in [0, 0.1) is 0 Å². The van der Waals surface area contributed by atoms with E-state index in [1.807, 2.05) is 33.8 Å². The fraction of sp³-hybridized carbons (Fsp3) is 0.562. The molecule has 5 nitrogen and oxygen atoms in total. The molecule has 2 rings (SSSR count). The van der Waals surface area contributed by atoms with Gasteiger partial charge in [0.1, 0.15) is 5.76 Å². The van der Waals surface area contributed by atoms with Crippen molar-refractivity contribution in [1.82, 2.24) is 0 Å². The van der Waals surface area contributed by atoms with Crippen molar-refractivity contribution in [3.8, 4) is 0 Å². The van der Waals surface area contributed by atoms with Crippen LogP contribution >= 0.6 is 0 Å². The van der Waals surface area contributed by atoms with Crippen LogP contribution in [0.2, 0.25) is 0 Å². The van der Waals surface area contributed by atoms with Gasteiger partial charge in [0.25, 0.3) is 0 Å². The maximum absolute atomic E-state index is 11.8. The van der Waals surface area contributed by atoms with Crippen LogP contribution in [-0.2, 0) is 23.6 Å². The lowest BCUT2D eigenvalue weighted by Gasteiger charge is -2.32. The summed E-state index contributed by atoms with van der Waals surface area (Å²) in [5, 5.41) is 0. The lowest BCUT2D eigenvalue weighted by molar-refractivity contribution is -0.135. The monoisotopic (exact) mass is 306 g/mol. The molecule has 120 valence electrons. The molecule has 0 aromatic heterocycles. The van der Waals surface area contributed by atoms with Gasteiger partial charge in [-0.2, -0.15) is 0 Å². The van der Waals surface area contributed by atoms with Gasteiger partial charge in [-0.05, 0) is 46.3 Å². The van der Waals surface area contributed by atoms with E-state index in [2.05, 4.69) is 0 Å². The Morgan fingerprint density at radius 3 is 2.23 bits per heavy atom. The van der Waals surface area contributed by atoms with E-state index in [0.717, 1.165) is 0 Å². The lowest BCUT2D eigenvalue weighted by Crippen LogP contribution is -2.41. The zero-order valence-corrected chi connectivity index (χ0v) is 14.1. The van der Waals surface area contributed by atoms with E-state index in [4.69, 9.17) is 18.8 Å². The Labute approximate surface area is 132 Å². The summed E-state index contributed by atoms with van der Waals surface area (Å²) in [6.45, 7) is 7.93. The van der Waals surface area contributed by atoms with Gasteiger partial charge < -0.3 is 18.8 Å². The van der Waals surface area contributed by atoms with Crippen LogP contribution < -0.4 is 0 Å².